The molecule has 0 aliphatic rings. The van der Waals surface area contributed by atoms with E-state index in [1.165, 1.54) is 0 Å². The van der Waals surface area contributed by atoms with Gasteiger partial charge >= 0.3 is 0 Å². The van der Waals surface area contributed by atoms with Gasteiger partial charge in [-0.1, -0.05) is 97.1 Å². The third-order valence-electron chi connectivity index (χ3n) is 7.40. The Morgan fingerprint density at radius 1 is 0.465 bits per heavy atom. The first-order chi connectivity index (χ1) is 21.3. The SMILES string of the molecule is c1ccc(-c2nc(-c3ccccc3)nc(-c3cccc(-c4nn(-c5ccncc5)c5ccc6ccccc6c45)n3)n2)cc1. The fraction of sp³-hybridized carbons (Fsp3) is 0. The first kappa shape index (κ1) is 24.7. The van der Waals surface area contributed by atoms with Crippen LogP contribution in [0.15, 0.2) is 140 Å². The number of aromatic nitrogens is 7. The zero-order valence-electron chi connectivity index (χ0n) is 22.9. The average molecular weight is 554 g/mol. The highest BCUT2D eigenvalue weighted by atomic mass is 15.3. The molecule has 0 aliphatic carbocycles. The summed E-state index contributed by atoms with van der Waals surface area (Å²) >= 11 is 0. The fourth-order valence-corrected chi connectivity index (χ4v) is 5.36. The minimum atomic E-state index is 0.497. The maximum absolute atomic E-state index is 5.12. The highest BCUT2D eigenvalue weighted by molar-refractivity contribution is 6.12. The summed E-state index contributed by atoms with van der Waals surface area (Å²) in [4.78, 5) is 23.9. The predicted molar refractivity (Wildman–Crippen MR) is 169 cm³/mol. The Hall–Kier alpha value is -6.08. The standard InChI is InChI=1S/C36H23N7/c1-3-11-25(12-4-1)34-39-35(26-13-5-2-6-14-26)41-36(40-34)30-17-9-16-29(38-30)33-32-28-15-8-7-10-24(28)18-19-31(32)43(42-33)27-20-22-37-23-21-27/h1-23H. The number of hydrogen-bond donors (Lipinski definition) is 0. The van der Waals surface area contributed by atoms with E-state index in [1.54, 1.807) is 12.4 Å². The summed E-state index contributed by atoms with van der Waals surface area (Å²) in [5.74, 6) is 1.68. The summed E-state index contributed by atoms with van der Waals surface area (Å²) in [6.07, 6.45) is 3.55. The van der Waals surface area contributed by atoms with Crippen LogP contribution in [-0.2, 0) is 0 Å². The monoisotopic (exact) mass is 553 g/mol. The van der Waals surface area contributed by atoms with Gasteiger partial charge in [-0.2, -0.15) is 5.10 Å². The third kappa shape index (κ3) is 4.49. The zero-order valence-corrected chi connectivity index (χ0v) is 22.9. The molecule has 0 fully saturated rings. The normalized spacial score (nSPS) is 11.3. The van der Waals surface area contributed by atoms with Crippen molar-refractivity contribution in [1.82, 2.24) is 34.7 Å². The number of fused-ring (bicyclic) bond motifs is 3. The third-order valence-corrected chi connectivity index (χ3v) is 7.40. The van der Waals surface area contributed by atoms with Crippen molar-refractivity contribution in [2.45, 2.75) is 0 Å². The molecule has 0 unspecified atom stereocenters. The molecule has 0 bridgehead atoms. The lowest BCUT2D eigenvalue weighted by atomic mass is 10.0. The fourth-order valence-electron chi connectivity index (χ4n) is 5.36. The second kappa shape index (κ2) is 10.4. The highest BCUT2D eigenvalue weighted by Gasteiger charge is 2.19. The molecule has 0 N–H and O–H groups in total. The van der Waals surface area contributed by atoms with Crippen molar-refractivity contribution < 1.29 is 0 Å². The van der Waals surface area contributed by atoms with Crippen LogP contribution in [0.25, 0.3) is 73.0 Å². The van der Waals surface area contributed by atoms with Gasteiger partial charge in [0.25, 0.3) is 0 Å². The lowest BCUT2D eigenvalue weighted by Crippen LogP contribution is -2.01. The van der Waals surface area contributed by atoms with Crippen molar-refractivity contribution >= 4 is 21.7 Å². The number of nitrogens with zero attached hydrogens (tertiary/aromatic N) is 7. The van der Waals surface area contributed by atoms with Crippen molar-refractivity contribution in [3.63, 3.8) is 0 Å². The Bertz CT molecular complexity index is 2170. The molecule has 0 amide bonds. The van der Waals surface area contributed by atoms with Crippen LogP contribution in [0.5, 0.6) is 0 Å². The van der Waals surface area contributed by atoms with Crippen LogP contribution in [0.4, 0.5) is 0 Å². The smallest absolute Gasteiger partial charge is 0.182 e. The molecule has 8 rings (SSSR count). The molecule has 0 saturated carbocycles. The zero-order chi connectivity index (χ0) is 28.6. The number of rotatable bonds is 5. The van der Waals surface area contributed by atoms with Crippen LogP contribution in [0, 0.1) is 0 Å². The number of benzene rings is 4. The Morgan fingerprint density at radius 2 is 1.09 bits per heavy atom. The number of pyridine rings is 2. The molecule has 8 aromatic rings. The van der Waals surface area contributed by atoms with Gasteiger partial charge < -0.3 is 0 Å². The van der Waals surface area contributed by atoms with Crippen LogP contribution in [0.2, 0.25) is 0 Å². The van der Waals surface area contributed by atoms with Crippen LogP contribution in [0.3, 0.4) is 0 Å². The van der Waals surface area contributed by atoms with Crippen LogP contribution in [0.1, 0.15) is 0 Å². The topological polar surface area (TPSA) is 82.3 Å². The van der Waals surface area contributed by atoms with Gasteiger partial charge in [-0.05, 0) is 41.1 Å². The molecule has 43 heavy (non-hydrogen) atoms. The Morgan fingerprint density at radius 3 is 1.81 bits per heavy atom. The Kier molecular flexibility index (Phi) is 5.97. The largest absolute Gasteiger partial charge is 0.265 e. The molecule has 0 radical (unpaired) electrons. The minimum absolute atomic E-state index is 0.497. The molecule has 0 saturated heterocycles. The van der Waals surface area contributed by atoms with Crippen LogP contribution >= 0.6 is 0 Å². The molecule has 7 heteroatoms. The second-order valence-corrected chi connectivity index (χ2v) is 10.1. The van der Waals surface area contributed by atoms with Gasteiger partial charge in [-0.15, -0.1) is 0 Å². The molecule has 0 atom stereocenters. The maximum Gasteiger partial charge on any atom is 0.182 e. The van der Waals surface area contributed by atoms with Crippen molar-refractivity contribution in [3.05, 3.63) is 140 Å². The van der Waals surface area contributed by atoms with Gasteiger partial charge in [-0.25, -0.2) is 24.6 Å². The number of hydrogen-bond acceptors (Lipinski definition) is 6. The summed E-state index contributed by atoms with van der Waals surface area (Å²) in [7, 11) is 0. The van der Waals surface area contributed by atoms with Crippen LogP contribution in [-0.4, -0.2) is 34.7 Å². The van der Waals surface area contributed by atoms with Gasteiger partial charge in [0.2, 0.25) is 0 Å². The Balaban J connectivity index is 1.34. The van der Waals surface area contributed by atoms with E-state index in [0.717, 1.165) is 49.9 Å². The summed E-state index contributed by atoms with van der Waals surface area (Å²) in [6, 6.07) is 42.3. The van der Waals surface area contributed by atoms with Crippen molar-refractivity contribution in [2.24, 2.45) is 0 Å². The predicted octanol–water partition coefficient (Wildman–Crippen LogP) is 7.82. The van der Waals surface area contributed by atoms with E-state index in [-0.39, 0.29) is 0 Å². The van der Waals surface area contributed by atoms with Crippen molar-refractivity contribution in [2.75, 3.05) is 0 Å². The molecule has 0 aliphatic heterocycles. The van der Waals surface area contributed by atoms with Gasteiger partial charge in [0.15, 0.2) is 17.5 Å². The van der Waals surface area contributed by atoms with Crippen LogP contribution < -0.4 is 0 Å². The van der Waals surface area contributed by atoms with E-state index in [2.05, 4.69) is 41.4 Å². The van der Waals surface area contributed by atoms with Gasteiger partial charge in [0.05, 0.1) is 16.9 Å². The van der Waals surface area contributed by atoms with E-state index in [9.17, 15) is 0 Å². The molecule has 4 aromatic carbocycles. The van der Waals surface area contributed by atoms with E-state index in [1.807, 2.05) is 95.7 Å². The van der Waals surface area contributed by atoms with Gasteiger partial charge in [0, 0.05) is 28.9 Å². The van der Waals surface area contributed by atoms with Gasteiger partial charge in [0.1, 0.15) is 11.4 Å². The van der Waals surface area contributed by atoms with E-state index in [0.29, 0.717) is 23.2 Å². The molecular weight excluding hydrogens is 530 g/mol. The lowest BCUT2D eigenvalue weighted by molar-refractivity contribution is 0.909. The highest BCUT2D eigenvalue weighted by Crippen LogP contribution is 2.35. The lowest BCUT2D eigenvalue weighted by Gasteiger charge is -2.08. The van der Waals surface area contributed by atoms with E-state index >= 15 is 0 Å². The molecule has 4 aromatic heterocycles. The van der Waals surface area contributed by atoms with E-state index in [4.69, 9.17) is 25.0 Å². The quantitative estimate of drug-likeness (QED) is 0.216. The molecule has 0 spiro atoms. The first-order valence-electron chi connectivity index (χ1n) is 14.0. The summed E-state index contributed by atoms with van der Waals surface area (Å²) < 4.78 is 1.96. The van der Waals surface area contributed by atoms with Crippen molar-refractivity contribution in [1.29, 1.82) is 0 Å². The maximum atomic E-state index is 5.12. The minimum Gasteiger partial charge on any atom is -0.265 e. The summed E-state index contributed by atoms with van der Waals surface area (Å²) in [5, 5.41) is 8.40. The molecule has 202 valence electrons. The molecule has 4 heterocycles. The average Bonchev–Trinajstić information content (AvgIpc) is 3.50. The Labute approximate surface area is 247 Å². The second-order valence-electron chi connectivity index (χ2n) is 10.1. The first-order valence-corrected chi connectivity index (χ1v) is 14.0. The van der Waals surface area contributed by atoms with Crippen molar-refractivity contribution in [3.8, 4) is 51.4 Å². The van der Waals surface area contributed by atoms with E-state index < -0.39 is 0 Å². The van der Waals surface area contributed by atoms with Gasteiger partial charge in [-0.3, -0.25) is 4.98 Å². The molecular formula is C36H23N7. The summed E-state index contributed by atoms with van der Waals surface area (Å²) in [6.45, 7) is 0. The molecule has 7 nitrogen and oxygen atoms in total. The summed E-state index contributed by atoms with van der Waals surface area (Å²) in [5.41, 5.74) is 5.89.